The van der Waals surface area contributed by atoms with Crippen molar-refractivity contribution in [3.63, 3.8) is 0 Å². The molecule has 5 nitrogen and oxygen atoms in total. The SMILES string of the molecule is CCC(C)c1nc(N2CCN(C(=O)c3ccccc3)CC2)c2c3c(sc2n1)CCCCC3. The van der Waals surface area contributed by atoms with Gasteiger partial charge in [0.1, 0.15) is 16.5 Å². The normalized spacial score (nSPS) is 17.8. The van der Waals surface area contributed by atoms with Crippen LogP contribution in [0.25, 0.3) is 10.2 Å². The Morgan fingerprint density at radius 2 is 1.78 bits per heavy atom. The number of benzene rings is 1. The molecule has 1 atom stereocenters. The molecule has 2 aliphatic rings. The van der Waals surface area contributed by atoms with Gasteiger partial charge in [-0.15, -0.1) is 11.3 Å². The van der Waals surface area contributed by atoms with E-state index in [1.807, 2.05) is 46.6 Å². The highest BCUT2D eigenvalue weighted by Gasteiger charge is 2.28. The minimum atomic E-state index is 0.128. The quantitative estimate of drug-likeness (QED) is 0.499. The van der Waals surface area contributed by atoms with E-state index in [1.165, 1.54) is 46.3 Å². The van der Waals surface area contributed by atoms with Crippen molar-refractivity contribution in [2.45, 2.75) is 58.3 Å². The van der Waals surface area contributed by atoms with E-state index < -0.39 is 0 Å². The lowest BCUT2D eigenvalue weighted by atomic mass is 10.1. The van der Waals surface area contributed by atoms with Crippen molar-refractivity contribution in [1.82, 2.24) is 14.9 Å². The fourth-order valence-corrected chi connectivity index (χ4v) is 6.11. The molecule has 0 bridgehead atoms. The van der Waals surface area contributed by atoms with Crippen LogP contribution in [0.15, 0.2) is 30.3 Å². The Labute approximate surface area is 194 Å². The number of thiophene rings is 1. The molecular formula is C26H32N4OS. The first-order chi connectivity index (χ1) is 15.7. The molecule has 1 amide bonds. The van der Waals surface area contributed by atoms with Gasteiger partial charge in [-0.1, -0.05) is 38.5 Å². The van der Waals surface area contributed by atoms with Crippen LogP contribution in [0.4, 0.5) is 5.82 Å². The average molecular weight is 449 g/mol. The van der Waals surface area contributed by atoms with E-state index in [1.54, 1.807) is 0 Å². The third-order valence-electron chi connectivity index (χ3n) is 7.00. The van der Waals surface area contributed by atoms with E-state index in [9.17, 15) is 4.79 Å². The van der Waals surface area contributed by atoms with Crippen LogP contribution in [-0.4, -0.2) is 47.0 Å². The van der Waals surface area contributed by atoms with Crippen LogP contribution in [-0.2, 0) is 12.8 Å². The summed E-state index contributed by atoms with van der Waals surface area (Å²) in [6.45, 7) is 7.51. The summed E-state index contributed by atoms with van der Waals surface area (Å²) in [4.78, 5) is 30.2. The maximum atomic E-state index is 12.9. The molecule has 1 aromatic carbocycles. The molecule has 0 N–H and O–H groups in total. The highest BCUT2D eigenvalue weighted by molar-refractivity contribution is 7.19. The van der Waals surface area contributed by atoms with Gasteiger partial charge in [-0.05, 0) is 49.8 Å². The van der Waals surface area contributed by atoms with E-state index in [2.05, 4.69) is 18.7 Å². The molecule has 1 fully saturated rings. The van der Waals surface area contributed by atoms with Crippen molar-refractivity contribution in [1.29, 1.82) is 0 Å². The Kier molecular flexibility index (Phi) is 6.13. The van der Waals surface area contributed by atoms with Crippen LogP contribution in [0.2, 0.25) is 0 Å². The van der Waals surface area contributed by atoms with Gasteiger partial charge in [0, 0.05) is 42.5 Å². The fraction of sp³-hybridized carbons (Fsp3) is 0.500. The van der Waals surface area contributed by atoms with Crippen LogP contribution in [0.1, 0.15) is 72.1 Å². The number of carbonyl (C=O) groups excluding carboxylic acids is 1. The third-order valence-corrected chi connectivity index (χ3v) is 8.19. The topological polar surface area (TPSA) is 49.3 Å². The molecule has 1 aliphatic heterocycles. The highest BCUT2D eigenvalue weighted by Crippen LogP contribution is 2.40. The van der Waals surface area contributed by atoms with E-state index in [4.69, 9.17) is 9.97 Å². The second-order valence-electron chi connectivity index (χ2n) is 9.10. The Morgan fingerprint density at radius 3 is 2.53 bits per heavy atom. The van der Waals surface area contributed by atoms with Gasteiger partial charge in [0.25, 0.3) is 5.91 Å². The molecule has 0 spiro atoms. The summed E-state index contributed by atoms with van der Waals surface area (Å²) >= 11 is 1.89. The first-order valence-corrected chi connectivity index (χ1v) is 12.9. The molecule has 2 aromatic heterocycles. The third kappa shape index (κ3) is 4.01. The van der Waals surface area contributed by atoms with E-state index in [0.29, 0.717) is 5.92 Å². The van der Waals surface area contributed by atoms with E-state index >= 15 is 0 Å². The zero-order valence-corrected chi connectivity index (χ0v) is 20.0. The van der Waals surface area contributed by atoms with Crippen LogP contribution in [0, 0.1) is 0 Å². The first kappa shape index (κ1) is 21.4. The molecule has 1 aliphatic carbocycles. The smallest absolute Gasteiger partial charge is 0.253 e. The zero-order chi connectivity index (χ0) is 22.1. The fourth-order valence-electron chi connectivity index (χ4n) is 4.85. The zero-order valence-electron chi connectivity index (χ0n) is 19.1. The van der Waals surface area contributed by atoms with Crippen molar-refractivity contribution >= 4 is 33.3 Å². The minimum absolute atomic E-state index is 0.128. The van der Waals surface area contributed by atoms with Crippen molar-refractivity contribution in [2.24, 2.45) is 0 Å². The number of carbonyl (C=O) groups is 1. The van der Waals surface area contributed by atoms with Crippen LogP contribution < -0.4 is 4.90 Å². The molecule has 32 heavy (non-hydrogen) atoms. The summed E-state index contributed by atoms with van der Waals surface area (Å²) in [6.07, 6.45) is 7.19. The molecule has 6 heteroatoms. The Balaban J connectivity index is 1.46. The Bertz CT molecular complexity index is 1100. The van der Waals surface area contributed by atoms with Crippen molar-refractivity contribution in [2.75, 3.05) is 31.1 Å². The maximum Gasteiger partial charge on any atom is 0.253 e. The number of amides is 1. The number of rotatable bonds is 4. The van der Waals surface area contributed by atoms with Crippen LogP contribution >= 0.6 is 11.3 Å². The number of aryl methyl sites for hydroxylation is 2. The van der Waals surface area contributed by atoms with Gasteiger partial charge >= 0.3 is 0 Å². The standard InChI is InChI=1S/C26H32N4OS/c1-3-18(2)23-27-24(22-20-12-8-5-9-13-21(20)32-25(22)28-23)29-14-16-30(17-15-29)26(31)19-10-6-4-7-11-19/h4,6-7,10-11,18H,3,5,8-9,12-17H2,1-2H3. The Morgan fingerprint density at radius 1 is 1.03 bits per heavy atom. The number of piperazine rings is 1. The summed E-state index contributed by atoms with van der Waals surface area (Å²) in [7, 11) is 0. The van der Waals surface area contributed by atoms with E-state index in [-0.39, 0.29) is 5.91 Å². The second-order valence-corrected chi connectivity index (χ2v) is 10.2. The largest absolute Gasteiger partial charge is 0.352 e. The summed E-state index contributed by atoms with van der Waals surface area (Å²) < 4.78 is 0. The Hall–Kier alpha value is -2.47. The monoisotopic (exact) mass is 448 g/mol. The second kappa shape index (κ2) is 9.18. The van der Waals surface area contributed by atoms with Gasteiger partial charge in [-0.3, -0.25) is 4.79 Å². The predicted molar refractivity (Wildman–Crippen MR) is 132 cm³/mol. The van der Waals surface area contributed by atoms with Gasteiger partial charge in [-0.25, -0.2) is 9.97 Å². The van der Waals surface area contributed by atoms with Gasteiger partial charge in [-0.2, -0.15) is 0 Å². The lowest BCUT2D eigenvalue weighted by Gasteiger charge is -2.36. The summed E-state index contributed by atoms with van der Waals surface area (Å²) in [5, 5.41) is 1.29. The minimum Gasteiger partial charge on any atom is -0.352 e. The lowest BCUT2D eigenvalue weighted by Crippen LogP contribution is -2.49. The van der Waals surface area contributed by atoms with Crippen LogP contribution in [0.5, 0.6) is 0 Å². The molecule has 5 rings (SSSR count). The van der Waals surface area contributed by atoms with Gasteiger partial charge in [0.15, 0.2) is 0 Å². The van der Waals surface area contributed by atoms with Gasteiger partial charge in [0.2, 0.25) is 0 Å². The number of anilines is 1. The first-order valence-electron chi connectivity index (χ1n) is 12.1. The van der Waals surface area contributed by atoms with Crippen molar-refractivity contribution in [3.8, 4) is 0 Å². The molecule has 1 unspecified atom stereocenters. The van der Waals surface area contributed by atoms with E-state index in [0.717, 1.165) is 56.2 Å². The molecule has 3 heterocycles. The molecule has 168 valence electrons. The number of aromatic nitrogens is 2. The van der Waals surface area contributed by atoms with Gasteiger partial charge in [0.05, 0.1) is 5.39 Å². The van der Waals surface area contributed by atoms with Crippen LogP contribution in [0.3, 0.4) is 0 Å². The van der Waals surface area contributed by atoms with Gasteiger partial charge < -0.3 is 9.80 Å². The highest BCUT2D eigenvalue weighted by atomic mass is 32.1. The summed E-state index contributed by atoms with van der Waals surface area (Å²) in [5.41, 5.74) is 2.27. The molecule has 3 aromatic rings. The number of hydrogen-bond acceptors (Lipinski definition) is 5. The predicted octanol–water partition coefficient (Wildman–Crippen LogP) is 5.44. The molecule has 1 saturated heterocycles. The maximum absolute atomic E-state index is 12.9. The summed E-state index contributed by atoms with van der Waals surface area (Å²) in [6, 6.07) is 9.62. The molecular weight excluding hydrogens is 416 g/mol. The van der Waals surface area contributed by atoms with Crippen molar-refractivity contribution in [3.05, 3.63) is 52.2 Å². The summed E-state index contributed by atoms with van der Waals surface area (Å²) in [5.74, 6) is 2.55. The number of fused-ring (bicyclic) bond motifs is 3. The van der Waals surface area contributed by atoms with Crippen molar-refractivity contribution < 1.29 is 4.79 Å². The molecule has 0 radical (unpaired) electrons. The number of nitrogens with zero attached hydrogens (tertiary/aromatic N) is 4. The number of hydrogen-bond donors (Lipinski definition) is 0. The molecule has 0 saturated carbocycles. The lowest BCUT2D eigenvalue weighted by molar-refractivity contribution is 0.0746. The average Bonchev–Trinajstić information content (AvgIpc) is 3.03.